The van der Waals surface area contributed by atoms with Gasteiger partial charge in [0, 0.05) is 19.0 Å². The van der Waals surface area contributed by atoms with Crippen LogP contribution in [0.2, 0.25) is 0 Å². The first-order valence-corrected chi connectivity index (χ1v) is 6.33. The maximum Gasteiger partial charge on any atom is 0.246 e. The van der Waals surface area contributed by atoms with E-state index in [2.05, 4.69) is 10.4 Å². The highest BCUT2D eigenvalue weighted by Crippen LogP contribution is 2.15. The number of ether oxygens (including phenoxy) is 1. The van der Waals surface area contributed by atoms with Crippen LogP contribution in [0.3, 0.4) is 0 Å². The molecule has 1 aromatic heterocycles. The van der Waals surface area contributed by atoms with Crippen LogP contribution >= 0.6 is 0 Å². The van der Waals surface area contributed by atoms with Crippen molar-refractivity contribution in [3.8, 4) is 0 Å². The number of nitrogens with one attached hydrogen (secondary N) is 1. The van der Waals surface area contributed by atoms with E-state index in [9.17, 15) is 4.79 Å². The Kier molecular flexibility index (Phi) is 4.73. The lowest BCUT2D eigenvalue weighted by Crippen LogP contribution is -2.20. The van der Waals surface area contributed by atoms with Crippen molar-refractivity contribution in [2.45, 2.75) is 13.0 Å². The van der Waals surface area contributed by atoms with Gasteiger partial charge in [-0.3, -0.25) is 9.48 Å². The normalized spacial score (nSPS) is 10.4. The molecule has 106 valence electrons. The van der Waals surface area contributed by atoms with Crippen LogP contribution in [-0.4, -0.2) is 29.4 Å². The fourth-order valence-electron chi connectivity index (χ4n) is 1.88. The second kappa shape index (κ2) is 6.72. The molecule has 0 aliphatic carbocycles. The molecule has 2 rings (SSSR count). The van der Waals surface area contributed by atoms with Gasteiger partial charge in [-0.2, -0.15) is 5.10 Å². The fraction of sp³-hybridized carbons (Fsp3) is 0.286. The lowest BCUT2D eigenvalue weighted by molar-refractivity contribution is -0.116. The number of anilines is 2. The minimum Gasteiger partial charge on any atom is -0.396 e. The molecule has 6 nitrogen and oxygen atoms in total. The highest BCUT2D eigenvalue weighted by Gasteiger charge is 2.07. The van der Waals surface area contributed by atoms with Crippen molar-refractivity contribution in [1.82, 2.24) is 9.78 Å². The molecule has 0 atom stereocenters. The van der Waals surface area contributed by atoms with Gasteiger partial charge >= 0.3 is 0 Å². The number of benzene rings is 1. The number of rotatable bonds is 6. The van der Waals surface area contributed by atoms with Crippen LogP contribution in [-0.2, 0) is 22.5 Å². The maximum absolute atomic E-state index is 12.0. The minimum absolute atomic E-state index is 0.135. The number of nitrogens with two attached hydrogens (primary N) is 1. The van der Waals surface area contributed by atoms with E-state index in [4.69, 9.17) is 10.5 Å². The molecule has 2 aromatic rings. The van der Waals surface area contributed by atoms with Gasteiger partial charge in [0.2, 0.25) is 5.91 Å². The smallest absolute Gasteiger partial charge is 0.246 e. The SMILES string of the molecule is COCCc1ccccc1NC(=O)Cn1cc(N)cn1. The third kappa shape index (κ3) is 3.83. The largest absolute Gasteiger partial charge is 0.396 e. The Bertz CT molecular complexity index is 580. The predicted octanol–water partition coefficient (Wildman–Crippen LogP) is 1.29. The summed E-state index contributed by atoms with van der Waals surface area (Å²) in [4.78, 5) is 12.0. The Hall–Kier alpha value is -2.34. The Morgan fingerprint density at radius 1 is 1.45 bits per heavy atom. The van der Waals surface area contributed by atoms with E-state index >= 15 is 0 Å². The number of carbonyl (C=O) groups is 1. The summed E-state index contributed by atoms with van der Waals surface area (Å²) < 4.78 is 6.57. The van der Waals surface area contributed by atoms with Crippen molar-refractivity contribution in [2.75, 3.05) is 24.8 Å². The van der Waals surface area contributed by atoms with Crippen LogP contribution < -0.4 is 11.1 Å². The molecular weight excluding hydrogens is 256 g/mol. The molecular formula is C14H18N4O2. The molecule has 1 aromatic carbocycles. The summed E-state index contributed by atoms with van der Waals surface area (Å²) in [7, 11) is 1.66. The first-order valence-electron chi connectivity index (χ1n) is 6.33. The van der Waals surface area contributed by atoms with Gasteiger partial charge in [0.05, 0.1) is 18.5 Å². The highest BCUT2D eigenvalue weighted by molar-refractivity contribution is 5.91. The van der Waals surface area contributed by atoms with Gasteiger partial charge < -0.3 is 15.8 Å². The maximum atomic E-state index is 12.0. The average Bonchev–Trinajstić information content (AvgIpc) is 2.83. The Labute approximate surface area is 117 Å². The molecule has 1 amide bonds. The number of hydrogen-bond acceptors (Lipinski definition) is 4. The molecule has 0 unspecified atom stereocenters. The first-order chi connectivity index (χ1) is 9.69. The molecule has 0 radical (unpaired) electrons. The van der Waals surface area contributed by atoms with Crippen molar-refractivity contribution in [3.05, 3.63) is 42.2 Å². The molecule has 3 N–H and O–H groups in total. The predicted molar refractivity (Wildman–Crippen MR) is 77.3 cm³/mol. The molecule has 0 spiro atoms. The monoisotopic (exact) mass is 274 g/mol. The standard InChI is InChI=1S/C14H18N4O2/c1-20-7-6-11-4-2-3-5-13(11)17-14(19)10-18-9-12(15)8-16-18/h2-5,8-9H,6-7,10,15H2,1H3,(H,17,19). The summed E-state index contributed by atoms with van der Waals surface area (Å²) in [6, 6.07) is 7.67. The van der Waals surface area contributed by atoms with Crippen molar-refractivity contribution in [1.29, 1.82) is 0 Å². The zero-order chi connectivity index (χ0) is 14.4. The molecule has 0 fully saturated rings. The van der Waals surface area contributed by atoms with Gasteiger partial charge in [-0.15, -0.1) is 0 Å². The van der Waals surface area contributed by atoms with Crippen molar-refractivity contribution < 1.29 is 9.53 Å². The molecule has 0 bridgehead atoms. The topological polar surface area (TPSA) is 82.2 Å². The number of methoxy groups -OCH3 is 1. The van der Waals surface area contributed by atoms with Crippen molar-refractivity contribution >= 4 is 17.3 Å². The minimum atomic E-state index is -0.141. The lowest BCUT2D eigenvalue weighted by atomic mass is 10.1. The fourth-order valence-corrected chi connectivity index (χ4v) is 1.88. The molecule has 0 saturated carbocycles. The van der Waals surface area contributed by atoms with Crippen LogP contribution in [0.4, 0.5) is 11.4 Å². The number of amides is 1. The van der Waals surface area contributed by atoms with Crippen LogP contribution in [0.15, 0.2) is 36.7 Å². The quantitative estimate of drug-likeness (QED) is 0.831. The Balaban J connectivity index is 2.00. The van der Waals surface area contributed by atoms with E-state index in [1.54, 1.807) is 13.3 Å². The van der Waals surface area contributed by atoms with E-state index < -0.39 is 0 Å². The van der Waals surface area contributed by atoms with Crippen molar-refractivity contribution in [2.24, 2.45) is 0 Å². The number of nitrogens with zero attached hydrogens (tertiary/aromatic N) is 2. The molecule has 0 aliphatic rings. The lowest BCUT2D eigenvalue weighted by Gasteiger charge is -2.10. The number of hydrogen-bond donors (Lipinski definition) is 2. The third-order valence-electron chi connectivity index (χ3n) is 2.83. The van der Waals surface area contributed by atoms with Crippen LogP contribution in [0.25, 0.3) is 0 Å². The second-order valence-corrected chi connectivity index (χ2v) is 4.42. The zero-order valence-electron chi connectivity index (χ0n) is 11.4. The zero-order valence-corrected chi connectivity index (χ0v) is 11.4. The van der Waals surface area contributed by atoms with Crippen LogP contribution in [0.5, 0.6) is 0 Å². The molecule has 20 heavy (non-hydrogen) atoms. The van der Waals surface area contributed by atoms with E-state index in [1.165, 1.54) is 10.9 Å². The Morgan fingerprint density at radius 3 is 2.95 bits per heavy atom. The molecule has 0 aliphatic heterocycles. The van der Waals surface area contributed by atoms with E-state index in [1.807, 2.05) is 24.3 Å². The number of aromatic nitrogens is 2. The Morgan fingerprint density at radius 2 is 2.25 bits per heavy atom. The van der Waals surface area contributed by atoms with Gasteiger partial charge in [-0.1, -0.05) is 18.2 Å². The average molecular weight is 274 g/mol. The van der Waals surface area contributed by atoms with E-state index in [0.717, 1.165) is 17.7 Å². The van der Waals surface area contributed by atoms with E-state index in [0.29, 0.717) is 12.3 Å². The van der Waals surface area contributed by atoms with E-state index in [-0.39, 0.29) is 12.5 Å². The van der Waals surface area contributed by atoms with Crippen molar-refractivity contribution in [3.63, 3.8) is 0 Å². The summed E-state index contributed by atoms with van der Waals surface area (Å²) in [6.45, 7) is 0.748. The summed E-state index contributed by atoms with van der Waals surface area (Å²) in [5.74, 6) is -0.141. The number of nitrogen functional groups attached to an aromatic ring is 1. The number of carbonyl (C=O) groups excluding carboxylic acids is 1. The first kappa shape index (κ1) is 14.1. The van der Waals surface area contributed by atoms with Crippen LogP contribution in [0, 0.1) is 0 Å². The molecule has 0 saturated heterocycles. The van der Waals surface area contributed by atoms with Gasteiger partial charge in [-0.25, -0.2) is 0 Å². The van der Waals surface area contributed by atoms with Gasteiger partial charge in [0.15, 0.2) is 0 Å². The summed E-state index contributed by atoms with van der Waals surface area (Å²) in [5.41, 5.74) is 7.94. The summed E-state index contributed by atoms with van der Waals surface area (Å²) >= 11 is 0. The van der Waals surface area contributed by atoms with Crippen LogP contribution in [0.1, 0.15) is 5.56 Å². The van der Waals surface area contributed by atoms with Gasteiger partial charge in [0.25, 0.3) is 0 Å². The third-order valence-corrected chi connectivity index (χ3v) is 2.83. The summed E-state index contributed by atoms with van der Waals surface area (Å²) in [5, 5.41) is 6.86. The van der Waals surface area contributed by atoms with Gasteiger partial charge in [-0.05, 0) is 18.1 Å². The molecule has 1 heterocycles. The number of para-hydroxylation sites is 1. The second-order valence-electron chi connectivity index (χ2n) is 4.42. The molecule has 6 heteroatoms. The highest BCUT2D eigenvalue weighted by atomic mass is 16.5. The van der Waals surface area contributed by atoms with Gasteiger partial charge in [0.1, 0.15) is 6.54 Å². The summed E-state index contributed by atoms with van der Waals surface area (Å²) in [6.07, 6.45) is 3.89.